The van der Waals surface area contributed by atoms with Crippen LogP contribution in [0.3, 0.4) is 0 Å². The summed E-state index contributed by atoms with van der Waals surface area (Å²) >= 11 is 0. The van der Waals surface area contributed by atoms with Crippen molar-refractivity contribution in [2.75, 3.05) is 17.1 Å². The minimum Gasteiger partial charge on any atom is -0.383 e. The smallest absolute Gasteiger partial charge is 0.383 e. The highest BCUT2D eigenvalue weighted by atomic mass is 32.2. The van der Waals surface area contributed by atoms with E-state index in [0.29, 0.717) is 42.8 Å². The lowest BCUT2D eigenvalue weighted by molar-refractivity contribution is -0.321. The number of pyridine rings is 1. The number of sulfonamides is 1. The van der Waals surface area contributed by atoms with Crippen molar-refractivity contribution < 1.29 is 44.3 Å². The Balaban J connectivity index is 1.45. The predicted molar refractivity (Wildman–Crippen MR) is 160 cm³/mol. The minimum atomic E-state index is -4.92. The van der Waals surface area contributed by atoms with Gasteiger partial charge in [-0.05, 0) is 69.2 Å². The van der Waals surface area contributed by atoms with E-state index in [1.807, 2.05) is 18.6 Å². The SMILES string of the molecule is CC(C)n1nc(-c2cc(F)c(NS(=O)(=O)c3ccccc3F)cc2F)c2c(N)ncc(C3CCC(NC(=O)COC(F)(F)F)CC3)c21. The van der Waals surface area contributed by atoms with Gasteiger partial charge in [0.1, 0.15) is 40.5 Å². The Morgan fingerprint density at radius 2 is 1.74 bits per heavy atom. The third-order valence-corrected chi connectivity index (χ3v) is 9.25. The largest absolute Gasteiger partial charge is 0.523 e. The average molecular weight is 685 g/mol. The van der Waals surface area contributed by atoms with Crippen LogP contribution in [0.15, 0.2) is 47.5 Å². The Bertz CT molecular complexity index is 1920. The van der Waals surface area contributed by atoms with Crippen LogP contribution in [-0.2, 0) is 19.6 Å². The first kappa shape index (κ1) is 34.0. The number of carbonyl (C=O) groups is 1. The second-order valence-corrected chi connectivity index (χ2v) is 13.1. The minimum absolute atomic E-state index is 0.0135. The summed E-state index contributed by atoms with van der Waals surface area (Å²) in [5, 5.41) is 7.37. The van der Waals surface area contributed by atoms with Crippen molar-refractivity contribution in [2.45, 2.75) is 68.8 Å². The van der Waals surface area contributed by atoms with Gasteiger partial charge in [-0.15, -0.1) is 13.2 Å². The molecule has 17 heteroatoms. The summed E-state index contributed by atoms with van der Waals surface area (Å²) in [6, 6.07) is 5.20. The molecule has 1 aliphatic rings. The van der Waals surface area contributed by atoms with Gasteiger partial charge in [0.05, 0.1) is 16.6 Å². The lowest BCUT2D eigenvalue weighted by atomic mass is 9.81. The molecule has 0 bridgehead atoms. The lowest BCUT2D eigenvalue weighted by Crippen LogP contribution is -2.40. The summed E-state index contributed by atoms with van der Waals surface area (Å²) in [5.41, 5.74) is 6.41. The highest BCUT2D eigenvalue weighted by molar-refractivity contribution is 7.92. The maximum Gasteiger partial charge on any atom is 0.523 e. The second-order valence-electron chi connectivity index (χ2n) is 11.4. The van der Waals surface area contributed by atoms with Crippen molar-refractivity contribution >= 4 is 38.3 Å². The first-order valence-corrected chi connectivity index (χ1v) is 16.0. The number of nitrogen functional groups attached to an aromatic ring is 1. The molecule has 0 unspecified atom stereocenters. The van der Waals surface area contributed by atoms with E-state index in [9.17, 15) is 30.8 Å². The number of nitrogens with two attached hydrogens (primary N) is 1. The van der Waals surface area contributed by atoms with Crippen molar-refractivity contribution in [1.29, 1.82) is 0 Å². The van der Waals surface area contributed by atoms with Crippen molar-refractivity contribution in [3.05, 3.63) is 65.6 Å². The van der Waals surface area contributed by atoms with Gasteiger partial charge in [0, 0.05) is 29.9 Å². The Hall–Kier alpha value is -4.38. The van der Waals surface area contributed by atoms with Crippen molar-refractivity contribution in [1.82, 2.24) is 20.1 Å². The summed E-state index contributed by atoms with van der Waals surface area (Å²) in [6.45, 7) is 2.51. The second kappa shape index (κ2) is 13.0. The van der Waals surface area contributed by atoms with Gasteiger partial charge >= 0.3 is 6.36 Å². The van der Waals surface area contributed by atoms with Gasteiger partial charge < -0.3 is 11.1 Å². The normalized spacial score (nSPS) is 17.3. The first-order valence-electron chi connectivity index (χ1n) is 14.5. The number of ether oxygens (including phenoxy) is 1. The first-order chi connectivity index (χ1) is 22.1. The molecule has 1 fully saturated rings. The number of hydrogen-bond donors (Lipinski definition) is 3. The summed E-state index contributed by atoms with van der Waals surface area (Å²) in [6.07, 6.45) is -1.42. The molecule has 0 atom stereocenters. The number of rotatable bonds is 9. The number of halogens is 6. The molecule has 1 aliphatic carbocycles. The average Bonchev–Trinajstić information content (AvgIpc) is 3.40. The molecule has 10 nitrogen and oxygen atoms in total. The highest BCUT2D eigenvalue weighted by Crippen LogP contribution is 2.42. The van der Waals surface area contributed by atoms with Crippen molar-refractivity contribution in [3.8, 4) is 11.3 Å². The van der Waals surface area contributed by atoms with Gasteiger partial charge in [-0.1, -0.05) is 12.1 Å². The van der Waals surface area contributed by atoms with E-state index in [4.69, 9.17) is 5.73 Å². The van der Waals surface area contributed by atoms with Crippen LogP contribution >= 0.6 is 0 Å². The molecule has 0 aliphatic heterocycles. The van der Waals surface area contributed by atoms with Crippen molar-refractivity contribution in [2.24, 2.45) is 0 Å². The predicted octanol–water partition coefficient (Wildman–Crippen LogP) is 6.16. The van der Waals surface area contributed by atoms with E-state index in [-0.39, 0.29) is 40.5 Å². The molecule has 4 N–H and O–H groups in total. The summed E-state index contributed by atoms with van der Waals surface area (Å²) in [4.78, 5) is 15.5. The summed E-state index contributed by atoms with van der Waals surface area (Å²) in [5.74, 6) is -4.30. The van der Waals surface area contributed by atoms with Gasteiger partial charge in [-0.2, -0.15) is 5.10 Å². The van der Waals surface area contributed by atoms with E-state index in [0.717, 1.165) is 18.2 Å². The van der Waals surface area contributed by atoms with Gasteiger partial charge in [0.25, 0.3) is 10.0 Å². The van der Waals surface area contributed by atoms with E-state index in [1.165, 1.54) is 12.1 Å². The number of nitrogens with one attached hydrogen (secondary N) is 2. The van der Waals surface area contributed by atoms with Crippen LogP contribution in [0, 0.1) is 17.5 Å². The molecule has 2 aromatic carbocycles. The molecule has 5 rings (SSSR count). The molecule has 252 valence electrons. The fourth-order valence-electron chi connectivity index (χ4n) is 5.71. The molecule has 0 radical (unpaired) electrons. The molecule has 2 aromatic heterocycles. The zero-order valence-corrected chi connectivity index (χ0v) is 25.9. The van der Waals surface area contributed by atoms with Crippen molar-refractivity contribution in [3.63, 3.8) is 0 Å². The number of hydrogen-bond acceptors (Lipinski definition) is 7. The number of carbonyl (C=O) groups excluding carboxylic acids is 1. The number of alkyl halides is 3. The standard InChI is InChI=1S/C30H30F6N6O4S/c1-15(2)42-28-19(16-7-9-17(10-8-16)39-25(43)14-46-30(34,35)36)13-38-29(37)26(28)27(40-42)18-11-22(33)23(12-21(18)32)41-47(44,45)24-6-4-3-5-20(24)31/h3-6,11-13,15-17,41H,7-10,14H2,1-2H3,(H2,37,38)(H,39,43). The van der Waals surface area contributed by atoms with E-state index in [1.54, 1.807) is 10.9 Å². The number of fused-ring (bicyclic) bond motifs is 1. The molecule has 0 spiro atoms. The number of amides is 1. The van der Waals surface area contributed by atoms with Gasteiger partial charge in [-0.25, -0.2) is 26.6 Å². The van der Waals surface area contributed by atoms with Crippen LogP contribution < -0.4 is 15.8 Å². The zero-order chi connectivity index (χ0) is 34.3. The molecule has 1 amide bonds. The molecule has 1 saturated carbocycles. The Morgan fingerprint density at radius 1 is 1.06 bits per heavy atom. The summed E-state index contributed by atoms with van der Waals surface area (Å²) in [7, 11) is -4.60. The fraction of sp³-hybridized carbons (Fsp3) is 0.367. The molecule has 4 aromatic rings. The lowest BCUT2D eigenvalue weighted by Gasteiger charge is -2.30. The van der Waals surface area contributed by atoms with Crippen LogP contribution in [0.4, 0.5) is 37.8 Å². The number of aromatic nitrogens is 3. The van der Waals surface area contributed by atoms with E-state index < -0.39 is 56.9 Å². The maximum absolute atomic E-state index is 15.7. The molecular weight excluding hydrogens is 654 g/mol. The van der Waals surface area contributed by atoms with Crippen LogP contribution in [0.2, 0.25) is 0 Å². The highest BCUT2D eigenvalue weighted by Gasteiger charge is 2.32. The van der Waals surface area contributed by atoms with E-state index >= 15 is 8.78 Å². The third-order valence-electron chi connectivity index (χ3n) is 7.85. The maximum atomic E-state index is 15.7. The summed E-state index contributed by atoms with van der Waals surface area (Å²) < 4.78 is 115. The van der Waals surface area contributed by atoms with Crippen LogP contribution in [-0.4, -0.2) is 48.1 Å². The number of nitrogens with zero attached hydrogens (tertiary/aromatic N) is 3. The van der Waals surface area contributed by atoms with Crippen LogP contribution in [0.25, 0.3) is 22.2 Å². The van der Waals surface area contributed by atoms with Gasteiger partial charge in [0.2, 0.25) is 5.91 Å². The Labute approximate surface area is 265 Å². The Kier molecular flexibility index (Phi) is 9.41. The molecular formula is C30H30F6N6O4S. The molecule has 0 saturated heterocycles. The monoisotopic (exact) mass is 684 g/mol. The van der Waals surface area contributed by atoms with Gasteiger partial charge in [-0.3, -0.25) is 18.9 Å². The zero-order valence-electron chi connectivity index (χ0n) is 25.0. The fourth-order valence-corrected chi connectivity index (χ4v) is 6.85. The Morgan fingerprint density at radius 3 is 2.38 bits per heavy atom. The topological polar surface area (TPSA) is 141 Å². The van der Waals surface area contributed by atoms with Crippen LogP contribution in [0.5, 0.6) is 0 Å². The number of benzene rings is 2. The van der Waals surface area contributed by atoms with E-state index in [2.05, 4.69) is 20.1 Å². The quantitative estimate of drug-likeness (QED) is 0.180. The molecule has 47 heavy (non-hydrogen) atoms. The van der Waals surface area contributed by atoms with Gasteiger partial charge in [0.15, 0.2) is 0 Å². The molecule has 2 heterocycles. The number of anilines is 2. The van der Waals surface area contributed by atoms with Crippen LogP contribution in [0.1, 0.15) is 57.1 Å². The third kappa shape index (κ3) is 7.30.